The lowest BCUT2D eigenvalue weighted by Crippen LogP contribution is -2.35. The van der Waals surface area contributed by atoms with Crippen molar-refractivity contribution in [1.82, 2.24) is 9.03 Å². The SMILES string of the molecule is O=C(O)c1cc(S(=O)(=O)NCc2ccc(S(=O)(=O)N3CCCCC3)s2)ccc1F. The van der Waals surface area contributed by atoms with Gasteiger partial charge in [0.25, 0.3) is 10.0 Å². The average molecular weight is 463 g/mol. The molecule has 3 rings (SSSR count). The second kappa shape index (κ2) is 8.48. The lowest BCUT2D eigenvalue weighted by atomic mass is 10.2. The number of piperidine rings is 1. The minimum atomic E-state index is -4.11. The summed E-state index contributed by atoms with van der Waals surface area (Å²) in [6, 6.07) is 5.44. The van der Waals surface area contributed by atoms with Gasteiger partial charge >= 0.3 is 5.97 Å². The predicted molar refractivity (Wildman–Crippen MR) is 104 cm³/mol. The molecular formula is C17H19FN2O6S3. The normalized spacial score (nSPS) is 16.0. The van der Waals surface area contributed by atoms with Crippen molar-refractivity contribution in [2.24, 2.45) is 0 Å². The molecule has 0 aliphatic carbocycles. The monoisotopic (exact) mass is 462 g/mol. The van der Waals surface area contributed by atoms with Crippen molar-refractivity contribution >= 4 is 37.4 Å². The van der Waals surface area contributed by atoms with Crippen LogP contribution in [0.15, 0.2) is 39.4 Å². The standard InChI is InChI=1S/C17H19FN2O6S3/c18-15-6-5-13(10-14(15)17(21)22)28(23,24)19-11-12-4-7-16(27-12)29(25,26)20-8-2-1-3-9-20/h4-7,10,19H,1-3,8-9,11H2,(H,21,22). The number of rotatable bonds is 7. The molecule has 0 bridgehead atoms. The maximum Gasteiger partial charge on any atom is 0.338 e. The van der Waals surface area contributed by atoms with E-state index in [0.29, 0.717) is 18.0 Å². The van der Waals surface area contributed by atoms with E-state index in [-0.39, 0.29) is 10.8 Å². The molecule has 1 fully saturated rings. The zero-order valence-electron chi connectivity index (χ0n) is 15.2. The van der Waals surface area contributed by atoms with E-state index in [1.54, 1.807) is 0 Å². The van der Waals surface area contributed by atoms with Crippen LogP contribution in [0.5, 0.6) is 0 Å². The highest BCUT2D eigenvalue weighted by Crippen LogP contribution is 2.27. The summed E-state index contributed by atoms with van der Waals surface area (Å²) in [5.74, 6) is -2.62. The average Bonchev–Trinajstić information content (AvgIpc) is 3.17. The van der Waals surface area contributed by atoms with Crippen LogP contribution in [0.25, 0.3) is 0 Å². The van der Waals surface area contributed by atoms with E-state index < -0.39 is 42.3 Å². The smallest absolute Gasteiger partial charge is 0.338 e. The Morgan fingerprint density at radius 2 is 1.79 bits per heavy atom. The summed E-state index contributed by atoms with van der Waals surface area (Å²) < 4.78 is 67.4. The van der Waals surface area contributed by atoms with E-state index in [0.717, 1.165) is 48.8 Å². The highest BCUT2D eigenvalue weighted by Gasteiger charge is 2.27. The number of halogens is 1. The van der Waals surface area contributed by atoms with Crippen LogP contribution in [-0.4, -0.2) is 45.3 Å². The topological polar surface area (TPSA) is 121 Å². The lowest BCUT2D eigenvalue weighted by Gasteiger charge is -2.25. The first kappa shape index (κ1) is 21.8. The number of nitrogens with zero attached hydrogens (tertiary/aromatic N) is 1. The van der Waals surface area contributed by atoms with E-state index in [4.69, 9.17) is 5.11 Å². The van der Waals surface area contributed by atoms with Gasteiger partial charge in [0.2, 0.25) is 10.0 Å². The molecule has 1 aromatic heterocycles. The van der Waals surface area contributed by atoms with Crippen LogP contribution in [0.3, 0.4) is 0 Å². The first-order chi connectivity index (χ1) is 13.6. The van der Waals surface area contributed by atoms with Crippen LogP contribution in [0.1, 0.15) is 34.5 Å². The van der Waals surface area contributed by atoms with Crippen molar-refractivity contribution in [2.75, 3.05) is 13.1 Å². The van der Waals surface area contributed by atoms with E-state index in [1.807, 2.05) is 0 Å². The van der Waals surface area contributed by atoms with Crippen LogP contribution in [0.2, 0.25) is 0 Å². The molecular weight excluding hydrogens is 443 g/mol. The van der Waals surface area contributed by atoms with E-state index in [1.165, 1.54) is 16.4 Å². The summed E-state index contributed by atoms with van der Waals surface area (Å²) in [6.07, 6.45) is 2.62. The molecule has 0 amide bonds. The maximum absolute atomic E-state index is 13.5. The molecule has 0 radical (unpaired) electrons. The Kier molecular flexibility index (Phi) is 6.39. The number of nitrogens with one attached hydrogen (secondary N) is 1. The number of hydrogen-bond acceptors (Lipinski definition) is 6. The molecule has 29 heavy (non-hydrogen) atoms. The lowest BCUT2D eigenvalue weighted by molar-refractivity contribution is 0.0691. The van der Waals surface area contributed by atoms with Gasteiger partial charge in [-0.1, -0.05) is 6.42 Å². The molecule has 158 valence electrons. The quantitative estimate of drug-likeness (QED) is 0.651. The third-order valence-electron chi connectivity index (χ3n) is 4.46. The molecule has 1 aliphatic rings. The van der Waals surface area contributed by atoms with Gasteiger partial charge in [0.15, 0.2) is 0 Å². The summed E-state index contributed by atoms with van der Waals surface area (Å²) in [7, 11) is -7.71. The van der Waals surface area contributed by atoms with Gasteiger partial charge in [0.1, 0.15) is 10.0 Å². The number of carboxylic acid groups (broad SMARTS) is 1. The van der Waals surface area contributed by atoms with Crippen LogP contribution < -0.4 is 4.72 Å². The number of hydrogen-bond donors (Lipinski definition) is 2. The van der Waals surface area contributed by atoms with Crippen LogP contribution >= 0.6 is 11.3 Å². The largest absolute Gasteiger partial charge is 0.478 e. The molecule has 2 heterocycles. The van der Waals surface area contributed by atoms with E-state index >= 15 is 0 Å². The molecule has 0 spiro atoms. The second-order valence-corrected chi connectivity index (χ2v) is 11.6. The van der Waals surface area contributed by atoms with E-state index in [2.05, 4.69) is 4.72 Å². The fraction of sp³-hybridized carbons (Fsp3) is 0.353. The van der Waals surface area contributed by atoms with Gasteiger partial charge in [-0.3, -0.25) is 0 Å². The Bertz CT molecular complexity index is 1120. The van der Waals surface area contributed by atoms with Crippen molar-refractivity contribution in [2.45, 2.75) is 34.9 Å². The fourth-order valence-corrected chi connectivity index (χ4v) is 7.00. The second-order valence-electron chi connectivity index (χ2n) is 6.46. The number of thiophene rings is 1. The zero-order chi connectivity index (χ0) is 21.2. The maximum atomic E-state index is 13.5. The third kappa shape index (κ3) is 4.83. The van der Waals surface area contributed by atoms with Gasteiger partial charge in [-0.25, -0.2) is 30.7 Å². The Hall–Kier alpha value is -1.86. The molecule has 0 saturated carbocycles. The molecule has 8 nitrogen and oxygen atoms in total. The minimum absolute atomic E-state index is 0.142. The summed E-state index contributed by atoms with van der Waals surface area (Å²) in [6.45, 7) is 0.764. The van der Waals surface area contributed by atoms with E-state index in [9.17, 15) is 26.0 Å². The number of carboxylic acids is 1. The van der Waals surface area contributed by atoms with Gasteiger partial charge in [0.05, 0.1) is 10.5 Å². The molecule has 2 aromatic rings. The molecule has 0 unspecified atom stereocenters. The van der Waals surface area contributed by atoms with Crippen LogP contribution in [-0.2, 0) is 26.6 Å². The third-order valence-corrected chi connectivity index (χ3v) is 9.31. The summed E-state index contributed by atoms with van der Waals surface area (Å²) in [4.78, 5) is 11.1. The Balaban J connectivity index is 1.73. The number of carbonyl (C=O) groups is 1. The molecule has 2 N–H and O–H groups in total. The zero-order valence-corrected chi connectivity index (χ0v) is 17.6. The van der Waals surface area contributed by atoms with Crippen molar-refractivity contribution in [3.05, 3.63) is 46.6 Å². The van der Waals surface area contributed by atoms with Gasteiger partial charge in [0, 0.05) is 24.5 Å². The number of sulfonamides is 2. The fourth-order valence-electron chi connectivity index (χ4n) is 2.91. The van der Waals surface area contributed by atoms with Crippen molar-refractivity contribution in [1.29, 1.82) is 0 Å². The van der Waals surface area contributed by atoms with Crippen LogP contribution in [0.4, 0.5) is 4.39 Å². The highest BCUT2D eigenvalue weighted by atomic mass is 32.2. The molecule has 1 saturated heterocycles. The molecule has 0 atom stereocenters. The first-order valence-electron chi connectivity index (χ1n) is 8.72. The van der Waals surface area contributed by atoms with Gasteiger partial charge in [-0.2, -0.15) is 4.31 Å². The first-order valence-corrected chi connectivity index (χ1v) is 12.5. The van der Waals surface area contributed by atoms with Crippen molar-refractivity contribution in [3.8, 4) is 0 Å². The van der Waals surface area contributed by atoms with Gasteiger partial charge < -0.3 is 5.11 Å². The van der Waals surface area contributed by atoms with Crippen molar-refractivity contribution in [3.63, 3.8) is 0 Å². The summed E-state index contributed by atoms with van der Waals surface area (Å²) in [5, 5.41) is 8.94. The van der Waals surface area contributed by atoms with Crippen LogP contribution in [0, 0.1) is 5.82 Å². The molecule has 1 aliphatic heterocycles. The molecule has 12 heteroatoms. The van der Waals surface area contributed by atoms with Gasteiger partial charge in [-0.15, -0.1) is 11.3 Å². The Morgan fingerprint density at radius 3 is 2.45 bits per heavy atom. The van der Waals surface area contributed by atoms with Gasteiger partial charge in [-0.05, 0) is 43.2 Å². The predicted octanol–water partition coefficient (Wildman–Crippen LogP) is 2.24. The number of benzene rings is 1. The molecule has 1 aromatic carbocycles. The highest BCUT2D eigenvalue weighted by molar-refractivity contribution is 7.91. The minimum Gasteiger partial charge on any atom is -0.478 e. The Labute approximate surface area is 172 Å². The summed E-state index contributed by atoms with van der Waals surface area (Å²) >= 11 is 0.969. The van der Waals surface area contributed by atoms with Crippen molar-refractivity contribution < 1.29 is 31.1 Å². The summed E-state index contributed by atoms with van der Waals surface area (Å²) in [5.41, 5.74) is -0.751. The number of aromatic carboxylic acids is 1. The Morgan fingerprint density at radius 1 is 1.10 bits per heavy atom.